The summed E-state index contributed by atoms with van der Waals surface area (Å²) in [4.78, 5) is 14.5. The maximum Gasteiger partial charge on any atom is 0.237 e. The van der Waals surface area contributed by atoms with Crippen molar-refractivity contribution >= 4 is 39.9 Å². The zero-order valence-electron chi connectivity index (χ0n) is 12.3. The minimum Gasteiger partial charge on any atom is -0.454 e. The zero-order valence-corrected chi connectivity index (χ0v) is 14.0. The molecule has 2 aliphatic heterocycles. The topological polar surface area (TPSA) is 50.8 Å². The van der Waals surface area contributed by atoms with Crippen LogP contribution in [0.2, 0.25) is 0 Å². The number of thiocarbonyl (C=S) groups is 1. The molecule has 1 aromatic rings. The number of amides is 1. The average Bonchev–Trinajstić information content (AvgIpc) is 3.18. The third kappa shape index (κ3) is 3.47. The lowest BCUT2D eigenvalue weighted by Crippen LogP contribution is -2.29. The Bertz CT molecular complexity index is 588. The molecule has 3 rings (SSSR count). The number of carbonyl (C=O) groups is 1. The van der Waals surface area contributed by atoms with Gasteiger partial charge in [0.25, 0.3) is 0 Å². The second kappa shape index (κ2) is 6.75. The van der Waals surface area contributed by atoms with Crippen LogP contribution in [-0.2, 0) is 4.79 Å². The van der Waals surface area contributed by atoms with E-state index in [2.05, 4.69) is 10.2 Å². The van der Waals surface area contributed by atoms with Gasteiger partial charge in [-0.05, 0) is 31.9 Å². The highest BCUT2D eigenvalue weighted by Gasteiger charge is 2.22. The highest BCUT2D eigenvalue weighted by Crippen LogP contribution is 2.34. The predicted octanol–water partition coefficient (Wildman–Crippen LogP) is 2.86. The van der Waals surface area contributed by atoms with Gasteiger partial charge in [0, 0.05) is 24.8 Å². The third-order valence-electron chi connectivity index (χ3n) is 3.65. The van der Waals surface area contributed by atoms with E-state index < -0.39 is 0 Å². The number of nitrogens with zero attached hydrogens (tertiary/aromatic N) is 1. The first-order valence-electron chi connectivity index (χ1n) is 7.29. The molecule has 1 aromatic carbocycles. The molecule has 7 heteroatoms. The van der Waals surface area contributed by atoms with Crippen molar-refractivity contribution in [3.05, 3.63) is 18.2 Å². The number of fused-ring (bicyclic) bond motifs is 1. The molecule has 0 saturated carbocycles. The van der Waals surface area contributed by atoms with Gasteiger partial charge in [0.15, 0.2) is 11.5 Å². The molecule has 1 N–H and O–H groups in total. The number of ether oxygens (including phenoxy) is 2. The predicted molar refractivity (Wildman–Crippen MR) is 91.7 cm³/mol. The Hall–Kier alpha value is -1.47. The van der Waals surface area contributed by atoms with Crippen molar-refractivity contribution in [1.29, 1.82) is 0 Å². The molecule has 0 aromatic heterocycles. The van der Waals surface area contributed by atoms with E-state index in [4.69, 9.17) is 21.7 Å². The molecule has 1 atom stereocenters. The Labute approximate surface area is 139 Å². The van der Waals surface area contributed by atoms with E-state index in [1.54, 1.807) is 12.1 Å². The number of likely N-dealkylation sites (tertiary alicyclic amines) is 1. The summed E-state index contributed by atoms with van der Waals surface area (Å²) in [5, 5.41) is 2.66. The van der Waals surface area contributed by atoms with Gasteiger partial charge in [-0.1, -0.05) is 24.0 Å². The maximum atomic E-state index is 12.3. The van der Waals surface area contributed by atoms with Gasteiger partial charge in [-0.2, -0.15) is 0 Å². The average molecular weight is 338 g/mol. The first-order valence-corrected chi connectivity index (χ1v) is 8.58. The molecule has 5 nitrogen and oxygen atoms in total. The molecule has 118 valence electrons. The summed E-state index contributed by atoms with van der Waals surface area (Å²) in [7, 11) is 0. The van der Waals surface area contributed by atoms with Gasteiger partial charge >= 0.3 is 0 Å². The van der Waals surface area contributed by atoms with Gasteiger partial charge in [0.2, 0.25) is 12.7 Å². The Kier molecular flexibility index (Phi) is 4.73. The van der Waals surface area contributed by atoms with Gasteiger partial charge in [0.05, 0.1) is 5.25 Å². The second-order valence-corrected chi connectivity index (χ2v) is 7.25. The second-order valence-electron chi connectivity index (χ2n) is 5.28. The van der Waals surface area contributed by atoms with E-state index >= 15 is 0 Å². The number of hydrogen-bond donors (Lipinski definition) is 1. The van der Waals surface area contributed by atoms with E-state index in [1.807, 2.05) is 13.0 Å². The number of nitrogens with one attached hydrogen (secondary N) is 1. The molecule has 1 saturated heterocycles. The molecule has 2 aliphatic rings. The molecular formula is C15H18N2O3S2. The van der Waals surface area contributed by atoms with Crippen LogP contribution in [-0.4, -0.2) is 40.3 Å². The summed E-state index contributed by atoms with van der Waals surface area (Å²) in [6.45, 7) is 4.10. The minimum absolute atomic E-state index is 0.0644. The Morgan fingerprint density at radius 3 is 2.82 bits per heavy atom. The Balaban J connectivity index is 1.55. The van der Waals surface area contributed by atoms with E-state index in [9.17, 15) is 4.79 Å². The highest BCUT2D eigenvalue weighted by atomic mass is 32.2. The Morgan fingerprint density at radius 2 is 2.05 bits per heavy atom. The number of hydrogen-bond acceptors (Lipinski definition) is 5. The lowest BCUT2D eigenvalue weighted by Gasteiger charge is -2.20. The lowest BCUT2D eigenvalue weighted by atomic mass is 10.2. The number of thioether (sulfide) groups is 1. The lowest BCUT2D eigenvalue weighted by molar-refractivity contribution is -0.115. The van der Waals surface area contributed by atoms with Crippen molar-refractivity contribution in [2.24, 2.45) is 0 Å². The largest absolute Gasteiger partial charge is 0.454 e. The first kappa shape index (κ1) is 15.4. The van der Waals surface area contributed by atoms with Gasteiger partial charge in [-0.25, -0.2) is 0 Å². The molecule has 1 fully saturated rings. The molecule has 22 heavy (non-hydrogen) atoms. The van der Waals surface area contributed by atoms with Crippen LogP contribution in [0.5, 0.6) is 11.5 Å². The molecule has 0 radical (unpaired) electrons. The van der Waals surface area contributed by atoms with Crippen LogP contribution in [0, 0.1) is 0 Å². The summed E-state index contributed by atoms with van der Waals surface area (Å²) in [5.74, 6) is 1.30. The summed E-state index contributed by atoms with van der Waals surface area (Å²) in [6, 6.07) is 5.38. The fraction of sp³-hybridized carbons (Fsp3) is 0.467. The number of rotatable bonds is 3. The van der Waals surface area contributed by atoms with Gasteiger partial charge < -0.3 is 19.7 Å². The van der Waals surface area contributed by atoms with Crippen LogP contribution in [0.25, 0.3) is 0 Å². The normalized spacial score (nSPS) is 17.4. The number of benzene rings is 1. The monoisotopic (exact) mass is 338 g/mol. The number of carbonyl (C=O) groups excluding carboxylic acids is 1. The van der Waals surface area contributed by atoms with Crippen molar-refractivity contribution in [1.82, 2.24) is 4.90 Å². The van der Waals surface area contributed by atoms with Gasteiger partial charge in [-0.3, -0.25) is 4.79 Å². The SMILES string of the molecule is CC(SC(=S)N1CCCC1)C(=O)Nc1ccc2c(c1)OCO2. The molecular weight excluding hydrogens is 320 g/mol. The van der Waals surface area contributed by atoms with Crippen molar-refractivity contribution in [2.75, 3.05) is 25.2 Å². The molecule has 0 bridgehead atoms. The van der Waals surface area contributed by atoms with E-state index in [1.165, 1.54) is 24.6 Å². The summed E-state index contributed by atoms with van der Waals surface area (Å²) in [6.07, 6.45) is 2.36. The van der Waals surface area contributed by atoms with E-state index in [0.717, 1.165) is 17.4 Å². The van der Waals surface area contributed by atoms with Crippen LogP contribution in [0.1, 0.15) is 19.8 Å². The van der Waals surface area contributed by atoms with E-state index in [0.29, 0.717) is 17.2 Å². The zero-order chi connectivity index (χ0) is 15.5. The molecule has 1 amide bonds. The van der Waals surface area contributed by atoms with Crippen LogP contribution >= 0.6 is 24.0 Å². The van der Waals surface area contributed by atoms with Crippen LogP contribution in [0.4, 0.5) is 5.69 Å². The highest BCUT2D eigenvalue weighted by molar-refractivity contribution is 8.23. The van der Waals surface area contributed by atoms with Gasteiger partial charge in [-0.15, -0.1) is 0 Å². The smallest absolute Gasteiger partial charge is 0.237 e. The third-order valence-corrected chi connectivity index (χ3v) is 5.23. The molecule has 0 aliphatic carbocycles. The summed E-state index contributed by atoms with van der Waals surface area (Å²) < 4.78 is 11.4. The van der Waals surface area contributed by atoms with Gasteiger partial charge in [0.1, 0.15) is 4.32 Å². The fourth-order valence-electron chi connectivity index (χ4n) is 2.40. The van der Waals surface area contributed by atoms with Crippen molar-refractivity contribution < 1.29 is 14.3 Å². The maximum absolute atomic E-state index is 12.3. The first-order chi connectivity index (χ1) is 10.6. The summed E-state index contributed by atoms with van der Waals surface area (Å²) in [5.41, 5.74) is 0.703. The Morgan fingerprint density at radius 1 is 1.32 bits per heavy atom. The molecule has 1 unspecified atom stereocenters. The fourth-order valence-corrected chi connectivity index (χ4v) is 3.81. The number of anilines is 1. The van der Waals surface area contributed by atoms with Crippen molar-refractivity contribution in [2.45, 2.75) is 25.0 Å². The quantitative estimate of drug-likeness (QED) is 0.856. The standard InChI is InChI=1S/C15H18N2O3S2/c1-10(22-15(21)17-6-2-3-7-17)14(18)16-11-4-5-12-13(8-11)20-9-19-12/h4-5,8,10H,2-3,6-7,9H2,1H3,(H,16,18). The van der Waals surface area contributed by atoms with Crippen molar-refractivity contribution in [3.8, 4) is 11.5 Å². The minimum atomic E-state index is -0.237. The van der Waals surface area contributed by atoms with Crippen molar-refractivity contribution in [3.63, 3.8) is 0 Å². The molecule has 2 heterocycles. The van der Waals surface area contributed by atoms with Crippen LogP contribution in [0.15, 0.2) is 18.2 Å². The van der Waals surface area contributed by atoms with Crippen LogP contribution < -0.4 is 14.8 Å². The van der Waals surface area contributed by atoms with Crippen LogP contribution in [0.3, 0.4) is 0 Å². The molecule has 0 spiro atoms. The van der Waals surface area contributed by atoms with E-state index in [-0.39, 0.29) is 18.0 Å². The summed E-state index contributed by atoms with van der Waals surface area (Å²) >= 11 is 6.85.